The number of aliphatic carboxylic acids is 2. The molecule has 0 atom stereocenters. The molecule has 0 aliphatic heterocycles. The van der Waals surface area contributed by atoms with Gasteiger partial charge in [0.2, 0.25) is 0 Å². The molecule has 0 saturated heterocycles. The number of hydrogen-bond donors (Lipinski definition) is 0. The van der Waals surface area contributed by atoms with Gasteiger partial charge >= 0.3 is 23.1 Å². The fourth-order valence-corrected chi connectivity index (χ4v) is 2.89. The Labute approximate surface area is 169 Å². The Balaban J connectivity index is 0. The molecular weight excluding hydrogens is 329 g/mol. The van der Waals surface area contributed by atoms with Gasteiger partial charge in [-0.2, -0.15) is 0 Å². The molecule has 0 unspecified atom stereocenters. The zero-order valence-corrected chi connectivity index (χ0v) is 17.4. The molecule has 0 bridgehead atoms. The van der Waals surface area contributed by atoms with Gasteiger partial charge < -0.3 is 19.8 Å². The standard InChI is InChI=1S/C20H36O4.Mg/c1-2-3-4-5-6-7-8-9-10-11-12-13-14-15-16-18(20(23)24)17-19(21)22;/h17H,2-16H2,1H3,(H,21,22)(H,23,24);/q;+2/p-2/b18-17+;. The van der Waals surface area contributed by atoms with E-state index in [9.17, 15) is 19.8 Å². The minimum absolute atomic E-state index is 0. The predicted octanol–water partition coefficient (Wildman–Crippen LogP) is 2.90. The first-order chi connectivity index (χ1) is 11.6. The minimum Gasteiger partial charge on any atom is -0.545 e. The van der Waals surface area contributed by atoms with Crippen LogP contribution in [0.25, 0.3) is 0 Å². The van der Waals surface area contributed by atoms with Crippen LogP contribution < -0.4 is 10.2 Å². The van der Waals surface area contributed by atoms with Gasteiger partial charge in [0.05, 0.1) is 11.9 Å². The Bertz CT molecular complexity index is 367. The van der Waals surface area contributed by atoms with Crippen molar-refractivity contribution in [2.24, 2.45) is 0 Å². The third-order valence-corrected chi connectivity index (χ3v) is 4.35. The van der Waals surface area contributed by atoms with Crippen LogP contribution in [0.1, 0.15) is 103 Å². The summed E-state index contributed by atoms with van der Waals surface area (Å²) in [7, 11) is 0. The monoisotopic (exact) mass is 362 g/mol. The van der Waals surface area contributed by atoms with E-state index >= 15 is 0 Å². The maximum Gasteiger partial charge on any atom is 2.00 e. The van der Waals surface area contributed by atoms with Gasteiger partial charge in [-0.3, -0.25) is 0 Å². The second-order valence-electron chi connectivity index (χ2n) is 6.62. The smallest absolute Gasteiger partial charge is 0.545 e. The van der Waals surface area contributed by atoms with Gasteiger partial charge in [0.1, 0.15) is 0 Å². The van der Waals surface area contributed by atoms with Gasteiger partial charge in [-0.25, -0.2) is 0 Å². The number of carboxylic acids is 2. The van der Waals surface area contributed by atoms with Crippen molar-refractivity contribution in [3.8, 4) is 0 Å². The van der Waals surface area contributed by atoms with Crippen LogP contribution in [0.3, 0.4) is 0 Å². The van der Waals surface area contributed by atoms with E-state index in [1.807, 2.05) is 0 Å². The molecular formula is C20H34MgO4. The predicted molar refractivity (Wildman–Crippen MR) is 98.8 cm³/mol. The van der Waals surface area contributed by atoms with Gasteiger partial charge in [-0.05, 0) is 24.5 Å². The number of unbranched alkanes of at least 4 members (excludes halogenated alkanes) is 13. The molecule has 0 amide bonds. The van der Waals surface area contributed by atoms with Crippen molar-refractivity contribution < 1.29 is 19.8 Å². The first-order valence-electron chi connectivity index (χ1n) is 9.70. The molecule has 140 valence electrons. The summed E-state index contributed by atoms with van der Waals surface area (Å²) in [4.78, 5) is 21.1. The molecule has 4 nitrogen and oxygen atoms in total. The average molecular weight is 363 g/mol. The first kappa shape index (κ1) is 26.7. The van der Waals surface area contributed by atoms with Crippen LogP contribution >= 0.6 is 0 Å². The van der Waals surface area contributed by atoms with E-state index in [4.69, 9.17) is 0 Å². The van der Waals surface area contributed by atoms with Gasteiger partial charge in [-0.1, -0.05) is 90.4 Å². The summed E-state index contributed by atoms with van der Waals surface area (Å²) in [6.45, 7) is 2.24. The number of rotatable bonds is 17. The van der Waals surface area contributed by atoms with Gasteiger partial charge in [-0.15, -0.1) is 0 Å². The van der Waals surface area contributed by atoms with E-state index < -0.39 is 11.9 Å². The quantitative estimate of drug-likeness (QED) is 0.226. The van der Waals surface area contributed by atoms with Crippen LogP contribution in [0.15, 0.2) is 11.6 Å². The fourth-order valence-electron chi connectivity index (χ4n) is 2.89. The number of carbonyl (C=O) groups excluding carboxylic acids is 2. The first-order valence-corrected chi connectivity index (χ1v) is 9.70. The summed E-state index contributed by atoms with van der Waals surface area (Å²) in [5.74, 6) is -2.88. The number of carboxylic acid groups (broad SMARTS) is 2. The Morgan fingerprint density at radius 2 is 1.04 bits per heavy atom. The van der Waals surface area contributed by atoms with Gasteiger partial charge in [0.25, 0.3) is 0 Å². The van der Waals surface area contributed by atoms with E-state index in [0.717, 1.165) is 12.8 Å². The van der Waals surface area contributed by atoms with E-state index in [0.29, 0.717) is 12.5 Å². The largest absolute Gasteiger partial charge is 2.00 e. The fraction of sp³-hybridized carbons (Fsp3) is 0.800. The molecule has 0 saturated carbocycles. The van der Waals surface area contributed by atoms with Crippen LogP contribution in [0.2, 0.25) is 0 Å². The van der Waals surface area contributed by atoms with Crippen molar-refractivity contribution in [1.82, 2.24) is 0 Å². The summed E-state index contributed by atoms with van der Waals surface area (Å²) < 4.78 is 0. The van der Waals surface area contributed by atoms with Gasteiger partial charge in [0, 0.05) is 0 Å². The Kier molecular flexibility index (Phi) is 21.1. The zero-order valence-electron chi connectivity index (χ0n) is 16.0. The SMILES string of the molecule is CCCCCCCCCCCCCCCC/C(=C\C(=O)[O-])C(=O)[O-].[Mg+2]. The molecule has 0 N–H and O–H groups in total. The normalized spacial score (nSPS) is 11.2. The average Bonchev–Trinajstić information content (AvgIpc) is 2.53. The molecule has 0 aromatic rings. The summed E-state index contributed by atoms with van der Waals surface area (Å²) in [5.41, 5.74) is -0.172. The van der Waals surface area contributed by atoms with E-state index in [2.05, 4.69) is 6.92 Å². The minimum atomic E-state index is -1.47. The molecule has 0 spiro atoms. The van der Waals surface area contributed by atoms with Gasteiger partial charge in [0.15, 0.2) is 0 Å². The van der Waals surface area contributed by atoms with Crippen molar-refractivity contribution >= 4 is 35.0 Å². The Morgan fingerprint density at radius 1 is 0.680 bits per heavy atom. The molecule has 0 heterocycles. The van der Waals surface area contributed by atoms with Crippen LogP contribution in [-0.2, 0) is 9.59 Å². The third kappa shape index (κ3) is 19.6. The maximum absolute atomic E-state index is 10.7. The van der Waals surface area contributed by atoms with E-state index in [1.165, 1.54) is 70.6 Å². The number of carbonyl (C=O) groups is 2. The molecule has 0 radical (unpaired) electrons. The molecule has 0 fully saturated rings. The molecule has 0 aromatic carbocycles. The third-order valence-electron chi connectivity index (χ3n) is 4.35. The van der Waals surface area contributed by atoms with Crippen molar-refractivity contribution in [2.45, 2.75) is 103 Å². The molecule has 0 aliphatic rings. The Morgan fingerprint density at radius 3 is 1.36 bits per heavy atom. The molecule has 0 rings (SSSR count). The zero-order chi connectivity index (χ0) is 18.0. The second-order valence-corrected chi connectivity index (χ2v) is 6.62. The summed E-state index contributed by atoms with van der Waals surface area (Å²) in [6, 6.07) is 0. The molecule has 0 aliphatic carbocycles. The van der Waals surface area contributed by atoms with E-state index in [-0.39, 0.29) is 35.0 Å². The van der Waals surface area contributed by atoms with Crippen LogP contribution in [0.5, 0.6) is 0 Å². The van der Waals surface area contributed by atoms with Crippen molar-refractivity contribution in [3.63, 3.8) is 0 Å². The van der Waals surface area contributed by atoms with Crippen LogP contribution in [0.4, 0.5) is 0 Å². The summed E-state index contributed by atoms with van der Waals surface area (Å²) >= 11 is 0. The van der Waals surface area contributed by atoms with Crippen LogP contribution in [-0.4, -0.2) is 35.0 Å². The van der Waals surface area contributed by atoms with Crippen molar-refractivity contribution in [3.05, 3.63) is 11.6 Å². The molecule has 0 aromatic heterocycles. The molecule has 5 heteroatoms. The summed E-state index contributed by atoms with van der Waals surface area (Å²) in [6.07, 6.45) is 18.1. The van der Waals surface area contributed by atoms with E-state index in [1.54, 1.807) is 0 Å². The molecule has 25 heavy (non-hydrogen) atoms. The number of hydrogen-bond acceptors (Lipinski definition) is 4. The topological polar surface area (TPSA) is 80.3 Å². The van der Waals surface area contributed by atoms with Crippen LogP contribution in [0, 0.1) is 0 Å². The van der Waals surface area contributed by atoms with Crippen molar-refractivity contribution in [2.75, 3.05) is 0 Å². The second kappa shape index (κ2) is 19.8. The maximum atomic E-state index is 10.7. The van der Waals surface area contributed by atoms with Crippen molar-refractivity contribution in [1.29, 1.82) is 0 Å². The Hall–Kier alpha value is -0.554. The summed E-state index contributed by atoms with van der Waals surface area (Å²) in [5, 5.41) is 21.1.